The van der Waals surface area contributed by atoms with Crippen LogP contribution in [0.15, 0.2) is 30.6 Å². The van der Waals surface area contributed by atoms with E-state index in [0.717, 1.165) is 0 Å². The predicted octanol–water partition coefficient (Wildman–Crippen LogP) is 1.72. The van der Waals surface area contributed by atoms with Gasteiger partial charge in [0, 0.05) is 19.8 Å². The highest BCUT2D eigenvalue weighted by molar-refractivity contribution is 5.88. The number of anilines is 3. The Morgan fingerprint density at radius 1 is 1.22 bits per heavy atom. The molecule has 0 aliphatic carbocycles. The number of carbonyl (C=O) groups is 1. The van der Waals surface area contributed by atoms with Crippen LogP contribution in [0.2, 0.25) is 0 Å². The van der Waals surface area contributed by atoms with E-state index in [1.165, 1.54) is 35.6 Å². The van der Waals surface area contributed by atoms with Crippen LogP contribution in [0.1, 0.15) is 10.4 Å². The maximum absolute atomic E-state index is 11.3. The Morgan fingerprint density at radius 3 is 2.35 bits per heavy atom. The molecule has 0 bridgehead atoms. The van der Waals surface area contributed by atoms with Crippen molar-refractivity contribution in [3.8, 4) is 0 Å². The Labute approximate surface area is 130 Å². The number of benzene rings is 1. The monoisotopic (exact) mass is 318 g/mol. The molecule has 1 aromatic carbocycles. The molecule has 0 atom stereocenters. The minimum atomic E-state index is -1.05. The molecule has 10 nitrogen and oxygen atoms in total. The van der Waals surface area contributed by atoms with E-state index in [0.29, 0.717) is 5.69 Å². The number of nitrogens with one attached hydrogen (secondary N) is 2. The van der Waals surface area contributed by atoms with Crippen LogP contribution >= 0.6 is 0 Å². The summed E-state index contributed by atoms with van der Waals surface area (Å²) in [5, 5.41) is 24.5. The molecule has 0 aliphatic rings. The van der Waals surface area contributed by atoms with Crippen molar-refractivity contribution in [2.45, 2.75) is 0 Å². The van der Waals surface area contributed by atoms with Crippen molar-refractivity contribution in [3.05, 3.63) is 46.3 Å². The summed E-state index contributed by atoms with van der Waals surface area (Å²) in [6.45, 7) is 0. The van der Waals surface area contributed by atoms with Crippen molar-refractivity contribution in [1.29, 1.82) is 0 Å². The molecule has 0 radical (unpaired) electrons. The van der Waals surface area contributed by atoms with Gasteiger partial charge in [-0.25, -0.2) is 19.8 Å². The highest BCUT2D eigenvalue weighted by Crippen LogP contribution is 2.31. The minimum Gasteiger partial charge on any atom is -0.478 e. The lowest BCUT2D eigenvalue weighted by atomic mass is 10.2. The third-order valence-corrected chi connectivity index (χ3v) is 2.73. The van der Waals surface area contributed by atoms with E-state index in [1.54, 1.807) is 14.1 Å². The summed E-state index contributed by atoms with van der Waals surface area (Å²) in [6, 6.07) is 5.76. The van der Waals surface area contributed by atoms with Crippen LogP contribution in [0.4, 0.5) is 23.0 Å². The Hall–Kier alpha value is -3.27. The number of nitro groups is 1. The number of nitrogens with zero attached hydrogens (tertiary/aromatic N) is 4. The van der Waals surface area contributed by atoms with E-state index >= 15 is 0 Å². The van der Waals surface area contributed by atoms with Gasteiger partial charge in [-0.05, 0) is 24.3 Å². The molecule has 10 heteroatoms. The smallest absolute Gasteiger partial charge is 0.354 e. The molecule has 3 N–H and O–H groups in total. The van der Waals surface area contributed by atoms with Crippen molar-refractivity contribution in [1.82, 2.24) is 15.0 Å². The van der Waals surface area contributed by atoms with Gasteiger partial charge < -0.3 is 10.4 Å². The second kappa shape index (κ2) is 6.66. The molecule has 0 saturated heterocycles. The van der Waals surface area contributed by atoms with E-state index < -0.39 is 10.9 Å². The van der Waals surface area contributed by atoms with Gasteiger partial charge in [-0.15, -0.1) is 0 Å². The van der Waals surface area contributed by atoms with Gasteiger partial charge in [0.05, 0.1) is 10.5 Å². The minimum absolute atomic E-state index is 0.00238. The largest absolute Gasteiger partial charge is 0.478 e. The quantitative estimate of drug-likeness (QED) is 0.537. The summed E-state index contributed by atoms with van der Waals surface area (Å²) in [7, 11) is 3.34. The SMILES string of the molecule is CN(C)Nc1ncnc(Nc2ccc(C(=O)O)cc2)c1[N+](=O)[O-]. The van der Waals surface area contributed by atoms with E-state index in [2.05, 4.69) is 20.7 Å². The molecule has 0 saturated carbocycles. The van der Waals surface area contributed by atoms with Gasteiger partial charge in [0.1, 0.15) is 6.33 Å². The van der Waals surface area contributed by atoms with Crippen LogP contribution in [0, 0.1) is 10.1 Å². The molecule has 23 heavy (non-hydrogen) atoms. The summed E-state index contributed by atoms with van der Waals surface area (Å²) >= 11 is 0. The van der Waals surface area contributed by atoms with Crippen molar-refractivity contribution in [2.24, 2.45) is 0 Å². The van der Waals surface area contributed by atoms with Gasteiger partial charge in [0.2, 0.25) is 11.6 Å². The van der Waals surface area contributed by atoms with Crippen LogP contribution in [0.25, 0.3) is 0 Å². The van der Waals surface area contributed by atoms with E-state index in [1.807, 2.05) is 0 Å². The first-order valence-corrected chi connectivity index (χ1v) is 6.42. The van der Waals surface area contributed by atoms with Crippen molar-refractivity contribution in [2.75, 3.05) is 24.8 Å². The molecule has 0 aliphatic heterocycles. The normalized spacial score (nSPS) is 10.4. The number of hydrazine groups is 1. The molecule has 120 valence electrons. The molecular formula is C13H14N6O4. The fraction of sp³-hybridized carbons (Fsp3) is 0.154. The molecule has 2 aromatic rings. The third-order valence-electron chi connectivity index (χ3n) is 2.73. The number of carboxylic acids is 1. The summed E-state index contributed by atoms with van der Waals surface area (Å²) < 4.78 is 0. The summed E-state index contributed by atoms with van der Waals surface area (Å²) in [6.07, 6.45) is 1.19. The van der Waals surface area contributed by atoms with Crippen molar-refractivity contribution < 1.29 is 14.8 Å². The summed E-state index contributed by atoms with van der Waals surface area (Å²) in [5.74, 6) is -1.01. The van der Waals surface area contributed by atoms with Crippen LogP contribution in [-0.4, -0.2) is 45.1 Å². The highest BCUT2D eigenvalue weighted by Gasteiger charge is 2.23. The molecule has 0 unspecified atom stereocenters. The molecule has 0 amide bonds. The zero-order valence-corrected chi connectivity index (χ0v) is 12.3. The average Bonchev–Trinajstić information content (AvgIpc) is 2.47. The number of hydrogen-bond acceptors (Lipinski definition) is 8. The first-order valence-electron chi connectivity index (χ1n) is 6.42. The van der Waals surface area contributed by atoms with Crippen LogP contribution in [0.3, 0.4) is 0 Å². The maximum atomic E-state index is 11.3. The Bertz CT molecular complexity index is 732. The first-order chi connectivity index (χ1) is 10.9. The van der Waals surface area contributed by atoms with Gasteiger partial charge in [-0.1, -0.05) is 0 Å². The lowest BCUT2D eigenvalue weighted by Gasteiger charge is -2.14. The standard InChI is InChI=1S/C13H14N6O4/c1-18(2)17-12-10(19(22)23)11(14-7-15-12)16-9-5-3-8(4-6-9)13(20)21/h3-7H,1-2H3,(H,20,21)(H2,14,15,16,17). The summed E-state index contributed by atoms with van der Waals surface area (Å²) in [5.41, 5.74) is 2.99. The first kappa shape index (κ1) is 16.1. The van der Waals surface area contributed by atoms with Gasteiger partial charge in [0.15, 0.2) is 0 Å². The van der Waals surface area contributed by atoms with Gasteiger partial charge in [-0.3, -0.25) is 15.5 Å². The van der Waals surface area contributed by atoms with Crippen LogP contribution < -0.4 is 10.7 Å². The highest BCUT2D eigenvalue weighted by atomic mass is 16.6. The van der Waals surface area contributed by atoms with Crippen LogP contribution in [0.5, 0.6) is 0 Å². The Balaban J connectivity index is 2.35. The number of aromatic carboxylic acids is 1. The van der Waals surface area contributed by atoms with Gasteiger partial charge >= 0.3 is 11.7 Å². The van der Waals surface area contributed by atoms with Crippen molar-refractivity contribution in [3.63, 3.8) is 0 Å². The van der Waals surface area contributed by atoms with E-state index in [9.17, 15) is 14.9 Å². The third kappa shape index (κ3) is 3.89. The molecule has 0 spiro atoms. The number of rotatable bonds is 6. The molecule has 0 fully saturated rings. The van der Waals surface area contributed by atoms with Crippen LogP contribution in [-0.2, 0) is 0 Å². The lowest BCUT2D eigenvalue weighted by molar-refractivity contribution is -0.383. The van der Waals surface area contributed by atoms with E-state index in [-0.39, 0.29) is 22.9 Å². The molecule has 1 heterocycles. The second-order valence-corrected chi connectivity index (χ2v) is 4.69. The summed E-state index contributed by atoms with van der Waals surface area (Å²) in [4.78, 5) is 29.3. The average molecular weight is 318 g/mol. The molecule has 2 rings (SSSR count). The second-order valence-electron chi connectivity index (χ2n) is 4.69. The lowest BCUT2D eigenvalue weighted by Crippen LogP contribution is -2.21. The fourth-order valence-corrected chi connectivity index (χ4v) is 1.77. The molecule has 1 aromatic heterocycles. The van der Waals surface area contributed by atoms with E-state index in [4.69, 9.17) is 5.11 Å². The van der Waals surface area contributed by atoms with Gasteiger partial charge in [-0.2, -0.15) is 0 Å². The van der Waals surface area contributed by atoms with Crippen molar-refractivity contribution >= 4 is 29.0 Å². The Morgan fingerprint density at radius 2 is 1.83 bits per heavy atom. The maximum Gasteiger partial charge on any atom is 0.354 e. The molecular weight excluding hydrogens is 304 g/mol. The zero-order valence-electron chi connectivity index (χ0n) is 12.3. The van der Waals surface area contributed by atoms with Gasteiger partial charge in [0.25, 0.3) is 0 Å². The zero-order chi connectivity index (χ0) is 17.0. The topological polar surface area (TPSA) is 134 Å². The number of aromatic nitrogens is 2. The predicted molar refractivity (Wildman–Crippen MR) is 82.7 cm³/mol. The number of carboxylic acid groups (broad SMARTS) is 1. The Kier molecular flexibility index (Phi) is 4.66. The number of hydrogen-bond donors (Lipinski definition) is 3. The fourth-order valence-electron chi connectivity index (χ4n) is 1.77.